The van der Waals surface area contributed by atoms with Crippen LogP contribution in [-0.4, -0.2) is 43.1 Å². The zero-order chi connectivity index (χ0) is 14.3. The van der Waals surface area contributed by atoms with Gasteiger partial charge in [0.05, 0.1) is 10.2 Å². The predicted molar refractivity (Wildman–Crippen MR) is 88.0 cm³/mol. The molecule has 0 bridgehead atoms. The topological polar surface area (TPSA) is 19.4 Å². The van der Waals surface area contributed by atoms with Gasteiger partial charge < -0.3 is 9.80 Å². The summed E-state index contributed by atoms with van der Waals surface area (Å²) in [6, 6.07) is 5.21. The quantitative estimate of drug-likeness (QED) is 0.844. The molecular weight excluding hydrogens is 266 g/mol. The minimum absolute atomic E-state index is 0.726. The fraction of sp³-hybridized carbons (Fsp3) is 0.562. The molecule has 1 aliphatic heterocycles. The average molecular weight is 289 g/mol. The van der Waals surface area contributed by atoms with Crippen molar-refractivity contribution in [3.8, 4) is 0 Å². The van der Waals surface area contributed by atoms with Crippen molar-refractivity contribution in [3.05, 3.63) is 23.3 Å². The maximum absolute atomic E-state index is 4.88. The van der Waals surface area contributed by atoms with E-state index in [0.29, 0.717) is 0 Å². The van der Waals surface area contributed by atoms with Gasteiger partial charge in [-0.15, -0.1) is 0 Å². The fourth-order valence-corrected chi connectivity index (χ4v) is 4.26. The molecule has 20 heavy (non-hydrogen) atoms. The van der Waals surface area contributed by atoms with Gasteiger partial charge in [0.25, 0.3) is 0 Å². The number of benzene rings is 1. The molecule has 1 fully saturated rings. The molecule has 0 spiro atoms. The second-order valence-corrected chi connectivity index (χ2v) is 7.12. The van der Waals surface area contributed by atoms with Crippen molar-refractivity contribution >= 4 is 26.7 Å². The first-order valence-electron chi connectivity index (χ1n) is 7.34. The molecular formula is C16H23N3S. The number of aryl methyl sites for hydroxylation is 2. The summed E-state index contributed by atoms with van der Waals surface area (Å²) in [6.07, 6.45) is 2.47. The first-order valence-corrected chi connectivity index (χ1v) is 8.15. The molecule has 1 aromatic carbocycles. The molecule has 2 heterocycles. The monoisotopic (exact) mass is 289 g/mol. The molecule has 1 saturated heterocycles. The van der Waals surface area contributed by atoms with Gasteiger partial charge >= 0.3 is 0 Å². The summed E-state index contributed by atoms with van der Waals surface area (Å²) >= 11 is 1.84. The van der Waals surface area contributed by atoms with Gasteiger partial charge in [-0.2, -0.15) is 0 Å². The second kappa shape index (κ2) is 5.34. The van der Waals surface area contributed by atoms with Gasteiger partial charge in [0.2, 0.25) is 0 Å². The van der Waals surface area contributed by atoms with Gasteiger partial charge in [0.15, 0.2) is 5.13 Å². The minimum atomic E-state index is 0.726. The Morgan fingerprint density at radius 3 is 2.55 bits per heavy atom. The third-order valence-corrected chi connectivity index (χ3v) is 5.35. The first kappa shape index (κ1) is 13.8. The maximum atomic E-state index is 4.88. The molecule has 3 nitrogen and oxygen atoms in total. The predicted octanol–water partition coefficient (Wildman–Crippen LogP) is 3.44. The van der Waals surface area contributed by atoms with Crippen molar-refractivity contribution < 1.29 is 0 Å². The lowest BCUT2D eigenvalue weighted by Gasteiger charge is -2.34. The summed E-state index contributed by atoms with van der Waals surface area (Å²) < 4.78 is 1.33. The lowest BCUT2D eigenvalue weighted by Crippen LogP contribution is -2.41. The fourth-order valence-electron chi connectivity index (χ4n) is 3.07. The SMILES string of the molecule is Cc1cc(C)c2nc(N3CCC(N(C)C)CC3)sc2c1. The van der Waals surface area contributed by atoms with Crippen LogP contribution >= 0.6 is 11.3 Å². The highest BCUT2D eigenvalue weighted by Gasteiger charge is 2.22. The van der Waals surface area contributed by atoms with Crippen molar-refractivity contribution in [2.24, 2.45) is 0 Å². The Balaban J connectivity index is 1.83. The number of hydrogen-bond donors (Lipinski definition) is 0. The van der Waals surface area contributed by atoms with E-state index in [4.69, 9.17) is 4.98 Å². The van der Waals surface area contributed by atoms with Gasteiger partial charge in [-0.1, -0.05) is 17.4 Å². The maximum Gasteiger partial charge on any atom is 0.186 e. The van der Waals surface area contributed by atoms with Gasteiger partial charge in [-0.05, 0) is 58.0 Å². The number of aromatic nitrogens is 1. The lowest BCUT2D eigenvalue weighted by molar-refractivity contribution is 0.249. The van der Waals surface area contributed by atoms with E-state index in [9.17, 15) is 0 Å². The Labute approximate surface area is 125 Å². The summed E-state index contributed by atoms with van der Waals surface area (Å²) in [5.41, 5.74) is 3.81. The Morgan fingerprint density at radius 2 is 1.90 bits per heavy atom. The zero-order valence-corrected chi connectivity index (χ0v) is 13.6. The van der Waals surface area contributed by atoms with Crippen LogP contribution in [0.4, 0.5) is 5.13 Å². The number of anilines is 1. The molecule has 3 rings (SSSR count). The molecule has 108 valence electrons. The van der Waals surface area contributed by atoms with Gasteiger partial charge in [-0.3, -0.25) is 0 Å². The molecule has 0 amide bonds. The van der Waals surface area contributed by atoms with E-state index < -0.39 is 0 Å². The van der Waals surface area contributed by atoms with Gasteiger partial charge in [0.1, 0.15) is 0 Å². The van der Waals surface area contributed by atoms with Crippen LogP contribution in [0.3, 0.4) is 0 Å². The standard InChI is InChI=1S/C16H23N3S/c1-11-9-12(2)15-14(10-11)20-16(17-15)19-7-5-13(6-8-19)18(3)4/h9-10,13H,5-8H2,1-4H3. The molecule has 2 aromatic rings. The van der Waals surface area contributed by atoms with Crippen LogP contribution in [0.25, 0.3) is 10.2 Å². The largest absolute Gasteiger partial charge is 0.348 e. The van der Waals surface area contributed by atoms with E-state index in [-0.39, 0.29) is 0 Å². The summed E-state index contributed by atoms with van der Waals surface area (Å²) in [7, 11) is 4.37. The van der Waals surface area contributed by atoms with E-state index in [1.54, 1.807) is 0 Å². The van der Waals surface area contributed by atoms with Gasteiger partial charge in [0, 0.05) is 19.1 Å². The van der Waals surface area contributed by atoms with Crippen LogP contribution in [0.1, 0.15) is 24.0 Å². The van der Waals surface area contributed by atoms with Crippen LogP contribution < -0.4 is 4.90 Å². The summed E-state index contributed by atoms with van der Waals surface area (Å²) in [5, 5.41) is 1.20. The molecule has 0 atom stereocenters. The number of hydrogen-bond acceptors (Lipinski definition) is 4. The van der Waals surface area contributed by atoms with Crippen molar-refractivity contribution in [1.29, 1.82) is 0 Å². The second-order valence-electron chi connectivity index (χ2n) is 6.11. The molecule has 0 aliphatic carbocycles. The molecule has 1 aliphatic rings. The number of rotatable bonds is 2. The lowest BCUT2D eigenvalue weighted by atomic mass is 10.0. The number of nitrogens with zero attached hydrogens (tertiary/aromatic N) is 3. The Morgan fingerprint density at radius 1 is 1.20 bits per heavy atom. The van der Waals surface area contributed by atoms with E-state index in [1.807, 2.05) is 11.3 Å². The number of piperidine rings is 1. The molecule has 4 heteroatoms. The Kier molecular flexibility index (Phi) is 3.69. The van der Waals surface area contributed by atoms with Gasteiger partial charge in [-0.25, -0.2) is 4.98 Å². The third-order valence-electron chi connectivity index (χ3n) is 4.28. The molecule has 0 unspecified atom stereocenters. The van der Waals surface area contributed by atoms with E-state index >= 15 is 0 Å². The van der Waals surface area contributed by atoms with Crippen molar-refractivity contribution in [2.75, 3.05) is 32.1 Å². The van der Waals surface area contributed by atoms with Crippen LogP contribution in [0.2, 0.25) is 0 Å². The highest BCUT2D eigenvalue weighted by atomic mass is 32.1. The Hall–Kier alpha value is -1.13. The van der Waals surface area contributed by atoms with Crippen molar-refractivity contribution in [1.82, 2.24) is 9.88 Å². The van der Waals surface area contributed by atoms with Crippen molar-refractivity contribution in [2.45, 2.75) is 32.7 Å². The number of thiazole rings is 1. The molecule has 0 saturated carbocycles. The normalized spacial score (nSPS) is 17.4. The zero-order valence-electron chi connectivity index (χ0n) is 12.8. The highest BCUT2D eigenvalue weighted by molar-refractivity contribution is 7.22. The van der Waals surface area contributed by atoms with Crippen LogP contribution in [0, 0.1) is 13.8 Å². The molecule has 1 aromatic heterocycles. The first-order chi connectivity index (χ1) is 9.54. The van der Waals surface area contributed by atoms with E-state index in [1.165, 1.54) is 39.3 Å². The van der Waals surface area contributed by atoms with Crippen LogP contribution in [0.5, 0.6) is 0 Å². The summed E-state index contributed by atoms with van der Waals surface area (Å²) in [4.78, 5) is 9.69. The average Bonchev–Trinajstić information content (AvgIpc) is 2.83. The van der Waals surface area contributed by atoms with Crippen molar-refractivity contribution in [3.63, 3.8) is 0 Å². The van der Waals surface area contributed by atoms with Crippen LogP contribution in [0.15, 0.2) is 12.1 Å². The van der Waals surface area contributed by atoms with E-state index in [0.717, 1.165) is 19.1 Å². The highest BCUT2D eigenvalue weighted by Crippen LogP contribution is 2.33. The third kappa shape index (κ3) is 2.54. The summed E-state index contributed by atoms with van der Waals surface area (Å²) in [5.74, 6) is 0. The smallest absolute Gasteiger partial charge is 0.186 e. The van der Waals surface area contributed by atoms with Crippen LogP contribution in [-0.2, 0) is 0 Å². The molecule has 0 radical (unpaired) electrons. The minimum Gasteiger partial charge on any atom is -0.348 e. The number of fused-ring (bicyclic) bond motifs is 1. The van der Waals surface area contributed by atoms with E-state index in [2.05, 4.69) is 49.9 Å². The molecule has 0 N–H and O–H groups in total. The Bertz CT molecular complexity index is 609. The summed E-state index contributed by atoms with van der Waals surface area (Å²) in [6.45, 7) is 6.58.